The Hall–Kier alpha value is -0.730. The Labute approximate surface area is 113 Å². The van der Waals surface area contributed by atoms with Crippen LogP contribution in [0.1, 0.15) is 6.42 Å². The molecule has 1 aromatic carbocycles. The van der Waals surface area contributed by atoms with Gasteiger partial charge in [-0.15, -0.1) is 0 Å². The molecule has 1 aromatic rings. The van der Waals surface area contributed by atoms with E-state index in [9.17, 15) is 17.2 Å². The number of benzene rings is 1. The second kappa shape index (κ2) is 6.44. The Balaban J connectivity index is 2.84. The monoisotopic (exact) mass is 343 g/mol. The highest BCUT2D eigenvalue weighted by Gasteiger charge is 2.17. The molecule has 0 aromatic heterocycles. The van der Waals surface area contributed by atoms with Gasteiger partial charge in [0.1, 0.15) is 5.69 Å². The molecule has 102 valence electrons. The zero-order valence-electron chi connectivity index (χ0n) is 9.54. The van der Waals surface area contributed by atoms with Crippen LogP contribution in [0.4, 0.5) is 14.5 Å². The molecule has 0 saturated carbocycles. The minimum Gasteiger partial charge on any atom is -0.385 e. The average molecular weight is 344 g/mol. The lowest BCUT2D eigenvalue weighted by molar-refractivity contribution is 0.199. The van der Waals surface area contributed by atoms with Crippen LogP contribution in [0.5, 0.6) is 0 Å². The number of hydrogen-bond donors (Lipinski definition) is 1. The quantitative estimate of drug-likeness (QED) is 0.807. The molecule has 4 nitrogen and oxygen atoms in total. The highest BCUT2D eigenvalue weighted by molar-refractivity contribution is 9.10. The van der Waals surface area contributed by atoms with E-state index in [1.165, 1.54) is 7.11 Å². The fourth-order valence-electron chi connectivity index (χ4n) is 1.24. The molecule has 0 atom stereocenters. The number of halogens is 3. The summed E-state index contributed by atoms with van der Waals surface area (Å²) < 4.78 is 56.7. The molecular weight excluding hydrogens is 332 g/mol. The summed E-state index contributed by atoms with van der Waals surface area (Å²) in [4.78, 5) is 0. The maximum absolute atomic E-state index is 13.4. The Kier molecular flexibility index (Phi) is 5.48. The molecule has 0 unspecified atom stereocenters. The maximum Gasteiger partial charge on any atom is 0.232 e. The van der Waals surface area contributed by atoms with Crippen molar-refractivity contribution in [3.05, 3.63) is 28.2 Å². The van der Waals surface area contributed by atoms with E-state index >= 15 is 0 Å². The van der Waals surface area contributed by atoms with Gasteiger partial charge in [0.2, 0.25) is 10.0 Å². The molecule has 0 aliphatic heterocycles. The zero-order valence-corrected chi connectivity index (χ0v) is 11.9. The van der Waals surface area contributed by atoms with Crippen LogP contribution in [0, 0.1) is 11.6 Å². The van der Waals surface area contributed by atoms with Crippen LogP contribution in [0.15, 0.2) is 16.6 Å². The molecule has 0 bridgehead atoms. The van der Waals surface area contributed by atoms with Gasteiger partial charge in [-0.1, -0.05) is 15.9 Å². The highest BCUT2D eigenvalue weighted by atomic mass is 79.9. The summed E-state index contributed by atoms with van der Waals surface area (Å²) in [6.07, 6.45) is 0.242. The molecule has 0 amide bonds. The van der Waals surface area contributed by atoms with Crippen LogP contribution in [0.2, 0.25) is 0 Å². The van der Waals surface area contributed by atoms with Crippen LogP contribution >= 0.6 is 15.9 Å². The Morgan fingerprint density at radius 1 is 1.33 bits per heavy atom. The molecule has 8 heteroatoms. The largest absolute Gasteiger partial charge is 0.385 e. The second-order valence-electron chi connectivity index (χ2n) is 3.51. The number of rotatable bonds is 6. The van der Waals surface area contributed by atoms with Gasteiger partial charge in [0.25, 0.3) is 0 Å². The third-order valence-electron chi connectivity index (χ3n) is 2.03. The first-order valence-electron chi connectivity index (χ1n) is 4.99. The normalized spacial score (nSPS) is 11.6. The second-order valence-corrected chi connectivity index (χ2v) is 6.27. The van der Waals surface area contributed by atoms with Crippen molar-refractivity contribution in [1.29, 1.82) is 0 Å². The SMILES string of the molecule is COCCCS(=O)(=O)Nc1c(F)cc(Br)cc1F. The van der Waals surface area contributed by atoms with Crippen LogP contribution in [0.25, 0.3) is 0 Å². The average Bonchev–Trinajstić information content (AvgIpc) is 2.23. The maximum atomic E-state index is 13.4. The van der Waals surface area contributed by atoms with Gasteiger partial charge in [-0.05, 0) is 18.6 Å². The van der Waals surface area contributed by atoms with Gasteiger partial charge >= 0.3 is 0 Å². The van der Waals surface area contributed by atoms with Gasteiger partial charge in [-0.25, -0.2) is 17.2 Å². The number of nitrogens with one attached hydrogen (secondary N) is 1. The Bertz CT molecular complexity index is 499. The summed E-state index contributed by atoms with van der Waals surface area (Å²) in [5.74, 6) is -2.22. The first kappa shape index (κ1) is 15.3. The first-order chi connectivity index (χ1) is 8.35. The smallest absolute Gasteiger partial charge is 0.232 e. The van der Waals surface area contributed by atoms with E-state index in [1.807, 2.05) is 4.72 Å². The molecule has 18 heavy (non-hydrogen) atoms. The summed E-state index contributed by atoms with van der Waals surface area (Å²) in [6, 6.07) is 1.96. The van der Waals surface area contributed by atoms with Crippen molar-refractivity contribution < 1.29 is 21.9 Å². The molecule has 0 radical (unpaired) electrons. The van der Waals surface area contributed by atoms with Crippen molar-refractivity contribution in [1.82, 2.24) is 0 Å². The number of anilines is 1. The third-order valence-corrected chi connectivity index (χ3v) is 3.83. The molecular formula is C10H12BrF2NO3S. The number of sulfonamides is 1. The van der Waals surface area contributed by atoms with Gasteiger partial charge in [-0.3, -0.25) is 4.72 Å². The van der Waals surface area contributed by atoms with Crippen LogP contribution in [-0.2, 0) is 14.8 Å². The van der Waals surface area contributed by atoms with Crippen LogP contribution in [-0.4, -0.2) is 27.9 Å². The molecule has 0 fully saturated rings. The lowest BCUT2D eigenvalue weighted by atomic mass is 10.3. The molecule has 0 aliphatic rings. The van der Waals surface area contributed by atoms with E-state index in [1.54, 1.807) is 0 Å². The minimum absolute atomic E-state index is 0.194. The number of ether oxygens (including phenoxy) is 1. The molecule has 0 heterocycles. The summed E-state index contributed by atoms with van der Waals surface area (Å²) in [5.41, 5.74) is -0.671. The lowest BCUT2D eigenvalue weighted by Gasteiger charge is -2.10. The van der Waals surface area contributed by atoms with E-state index in [0.29, 0.717) is 0 Å². The van der Waals surface area contributed by atoms with Gasteiger partial charge in [0.05, 0.1) is 5.75 Å². The molecule has 0 spiro atoms. The minimum atomic E-state index is -3.79. The summed E-state index contributed by atoms with van der Waals surface area (Å²) in [6.45, 7) is 0.256. The fourth-order valence-corrected chi connectivity index (χ4v) is 2.75. The van der Waals surface area contributed by atoms with Crippen molar-refractivity contribution in [2.45, 2.75) is 6.42 Å². The lowest BCUT2D eigenvalue weighted by Crippen LogP contribution is -2.19. The van der Waals surface area contributed by atoms with Crippen molar-refractivity contribution >= 4 is 31.6 Å². The molecule has 0 saturated heterocycles. The van der Waals surface area contributed by atoms with Crippen molar-refractivity contribution in [2.75, 3.05) is 24.2 Å². The van der Waals surface area contributed by atoms with Gasteiger partial charge in [0, 0.05) is 18.2 Å². The van der Waals surface area contributed by atoms with E-state index < -0.39 is 27.3 Å². The zero-order chi connectivity index (χ0) is 13.8. The van der Waals surface area contributed by atoms with E-state index in [-0.39, 0.29) is 23.3 Å². The van der Waals surface area contributed by atoms with E-state index in [4.69, 9.17) is 4.74 Å². The van der Waals surface area contributed by atoms with Gasteiger partial charge < -0.3 is 4.74 Å². The Morgan fingerprint density at radius 2 is 1.89 bits per heavy atom. The Morgan fingerprint density at radius 3 is 2.39 bits per heavy atom. The molecule has 0 aliphatic carbocycles. The summed E-state index contributed by atoms with van der Waals surface area (Å²) in [5, 5.41) is 0. The highest BCUT2D eigenvalue weighted by Crippen LogP contribution is 2.24. The van der Waals surface area contributed by atoms with Crippen LogP contribution in [0.3, 0.4) is 0 Å². The third kappa shape index (κ3) is 4.51. The van der Waals surface area contributed by atoms with Crippen molar-refractivity contribution in [3.63, 3.8) is 0 Å². The van der Waals surface area contributed by atoms with Gasteiger partial charge in [0.15, 0.2) is 11.6 Å². The topological polar surface area (TPSA) is 55.4 Å². The van der Waals surface area contributed by atoms with E-state index in [2.05, 4.69) is 15.9 Å². The number of methoxy groups -OCH3 is 1. The summed E-state index contributed by atoms with van der Waals surface area (Å²) >= 11 is 2.90. The predicted molar refractivity (Wildman–Crippen MR) is 68.0 cm³/mol. The van der Waals surface area contributed by atoms with Crippen LogP contribution < -0.4 is 4.72 Å². The van der Waals surface area contributed by atoms with Crippen molar-refractivity contribution in [3.8, 4) is 0 Å². The van der Waals surface area contributed by atoms with Gasteiger partial charge in [-0.2, -0.15) is 0 Å². The summed E-state index contributed by atoms with van der Waals surface area (Å²) in [7, 11) is -2.35. The molecule has 1 rings (SSSR count). The number of hydrogen-bond acceptors (Lipinski definition) is 3. The van der Waals surface area contributed by atoms with Crippen molar-refractivity contribution in [2.24, 2.45) is 0 Å². The van der Waals surface area contributed by atoms with E-state index in [0.717, 1.165) is 12.1 Å². The first-order valence-corrected chi connectivity index (χ1v) is 7.44. The predicted octanol–water partition coefficient (Wildman–Crippen LogP) is 2.51. The standard InChI is InChI=1S/C10H12BrF2NO3S/c1-17-3-2-4-18(15,16)14-10-8(12)5-7(11)6-9(10)13/h5-6,14H,2-4H2,1H3. The fraction of sp³-hybridized carbons (Fsp3) is 0.400. The molecule has 1 N–H and O–H groups in total.